The van der Waals surface area contributed by atoms with Crippen LogP contribution in [0, 0.1) is 0 Å². The van der Waals surface area contributed by atoms with E-state index >= 15 is 0 Å². The Kier molecular flexibility index (Phi) is 4.60. The maximum absolute atomic E-state index is 8.65. The van der Waals surface area contributed by atoms with Gasteiger partial charge in [0, 0.05) is 10.9 Å². The van der Waals surface area contributed by atoms with Crippen LogP contribution in [0.25, 0.3) is 0 Å². The highest BCUT2D eigenvalue weighted by Gasteiger charge is 1.92. The molecule has 70 valence electrons. The molecule has 0 fully saturated rings. The highest BCUT2D eigenvalue weighted by molar-refractivity contribution is 8.02. The SMILES string of the molecule is NC(/C=C/Sc1ccccc1)CO. The highest BCUT2D eigenvalue weighted by Crippen LogP contribution is 2.17. The van der Waals surface area contributed by atoms with Crippen molar-refractivity contribution in [3.8, 4) is 0 Å². The third kappa shape index (κ3) is 4.12. The molecule has 13 heavy (non-hydrogen) atoms. The Labute approximate surface area is 82.5 Å². The number of hydrogen-bond donors (Lipinski definition) is 2. The van der Waals surface area contributed by atoms with Crippen molar-refractivity contribution in [1.29, 1.82) is 0 Å². The lowest BCUT2D eigenvalue weighted by Gasteiger charge is -1.99. The van der Waals surface area contributed by atoms with Gasteiger partial charge in [-0.15, -0.1) is 0 Å². The number of benzene rings is 1. The minimum absolute atomic E-state index is 0.00809. The second kappa shape index (κ2) is 5.80. The minimum atomic E-state index is -0.254. The van der Waals surface area contributed by atoms with Gasteiger partial charge in [-0.1, -0.05) is 36.0 Å². The summed E-state index contributed by atoms with van der Waals surface area (Å²) in [7, 11) is 0. The first-order valence-corrected chi connectivity index (χ1v) is 4.95. The summed E-state index contributed by atoms with van der Waals surface area (Å²) < 4.78 is 0. The van der Waals surface area contributed by atoms with E-state index in [9.17, 15) is 0 Å². The van der Waals surface area contributed by atoms with Crippen LogP contribution >= 0.6 is 11.8 Å². The molecule has 0 spiro atoms. The van der Waals surface area contributed by atoms with E-state index in [0.717, 1.165) is 0 Å². The lowest BCUT2D eigenvalue weighted by atomic mass is 10.3. The van der Waals surface area contributed by atoms with Crippen LogP contribution in [0.3, 0.4) is 0 Å². The van der Waals surface area contributed by atoms with Crippen molar-refractivity contribution in [2.75, 3.05) is 6.61 Å². The molecular weight excluding hydrogens is 182 g/mol. The lowest BCUT2D eigenvalue weighted by molar-refractivity contribution is 0.284. The highest BCUT2D eigenvalue weighted by atomic mass is 32.2. The predicted molar refractivity (Wildman–Crippen MR) is 56.5 cm³/mol. The van der Waals surface area contributed by atoms with Crippen molar-refractivity contribution < 1.29 is 5.11 Å². The van der Waals surface area contributed by atoms with Crippen LogP contribution in [0.1, 0.15) is 0 Å². The van der Waals surface area contributed by atoms with Crippen LogP contribution < -0.4 is 5.73 Å². The van der Waals surface area contributed by atoms with Gasteiger partial charge in [-0.3, -0.25) is 0 Å². The lowest BCUT2D eigenvalue weighted by Crippen LogP contribution is -2.20. The summed E-state index contributed by atoms with van der Waals surface area (Å²) in [5, 5.41) is 10.5. The van der Waals surface area contributed by atoms with Crippen molar-refractivity contribution in [2.24, 2.45) is 5.73 Å². The zero-order chi connectivity index (χ0) is 9.52. The third-order valence-corrected chi connectivity index (χ3v) is 2.32. The molecule has 1 aromatic rings. The Morgan fingerprint density at radius 3 is 2.69 bits per heavy atom. The van der Waals surface area contributed by atoms with Crippen molar-refractivity contribution in [2.45, 2.75) is 10.9 Å². The Balaban J connectivity index is 2.39. The molecule has 0 aromatic heterocycles. The van der Waals surface area contributed by atoms with Gasteiger partial charge in [0.25, 0.3) is 0 Å². The Morgan fingerprint density at radius 1 is 1.38 bits per heavy atom. The van der Waals surface area contributed by atoms with Gasteiger partial charge in [-0.05, 0) is 17.5 Å². The van der Waals surface area contributed by atoms with E-state index in [0.29, 0.717) is 0 Å². The second-order valence-electron chi connectivity index (χ2n) is 2.61. The standard InChI is InChI=1S/C10H13NOS/c11-9(8-12)6-7-13-10-4-2-1-3-5-10/h1-7,9,12H,8,11H2/b7-6+. The number of thioether (sulfide) groups is 1. The molecule has 0 heterocycles. The van der Waals surface area contributed by atoms with E-state index < -0.39 is 0 Å². The molecule has 0 radical (unpaired) electrons. The normalized spacial score (nSPS) is 13.4. The molecular formula is C10H13NOS. The predicted octanol–water partition coefficient (Wildman–Crippen LogP) is 1.61. The van der Waals surface area contributed by atoms with E-state index in [1.165, 1.54) is 4.90 Å². The smallest absolute Gasteiger partial charge is 0.0618 e. The average Bonchev–Trinajstić information content (AvgIpc) is 2.19. The number of nitrogens with two attached hydrogens (primary N) is 1. The first-order valence-electron chi connectivity index (χ1n) is 4.07. The molecule has 1 rings (SSSR count). The van der Waals surface area contributed by atoms with E-state index in [1.807, 2.05) is 35.7 Å². The molecule has 3 N–H and O–H groups in total. The zero-order valence-electron chi connectivity index (χ0n) is 7.26. The molecule has 0 aliphatic carbocycles. The molecule has 0 bridgehead atoms. The van der Waals surface area contributed by atoms with Gasteiger partial charge < -0.3 is 10.8 Å². The first kappa shape index (κ1) is 10.3. The molecule has 1 aromatic carbocycles. The van der Waals surface area contributed by atoms with Gasteiger partial charge in [-0.25, -0.2) is 0 Å². The first-order chi connectivity index (χ1) is 6.33. The molecule has 0 aliphatic heterocycles. The molecule has 3 heteroatoms. The Hall–Kier alpha value is -0.770. The third-order valence-electron chi connectivity index (χ3n) is 1.48. The van der Waals surface area contributed by atoms with E-state index in [4.69, 9.17) is 10.8 Å². The topological polar surface area (TPSA) is 46.2 Å². The molecule has 0 aliphatic rings. The van der Waals surface area contributed by atoms with Crippen molar-refractivity contribution in [3.05, 3.63) is 41.8 Å². The van der Waals surface area contributed by atoms with Gasteiger partial charge in [0.05, 0.1) is 6.61 Å². The monoisotopic (exact) mass is 195 g/mol. The van der Waals surface area contributed by atoms with Gasteiger partial charge in [0.1, 0.15) is 0 Å². The minimum Gasteiger partial charge on any atom is -0.394 e. The summed E-state index contributed by atoms with van der Waals surface area (Å²) in [6, 6.07) is 9.76. The Morgan fingerprint density at radius 2 is 2.08 bits per heavy atom. The Bertz CT molecular complexity index is 261. The largest absolute Gasteiger partial charge is 0.394 e. The van der Waals surface area contributed by atoms with E-state index in [-0.39, 0.29) is 12.6 Å². The fourth-order valence-electron chi connectivity index (χ4n) is 0.779. The number of aliphatic hydroxyl groups excluding tert-OH is 1. The van der Waals surface area contributed by atoms with Crippen LogP contribution in [-0.4, -0.2) is 17.8 Å². The van der Waals surface area contributed by atoms with Crippen molar-refractivity contribution in [1.82, 2.24) is 0 Å². The molecule has 1 atom stereocenters. The van der Waals surface area contributed by atoms with E-state index in [1.54, 1.807) is 17.8 Å². The van der Waals surface area contributed by atoms with E-state index in [2.05, 4.69) is 0 Å². The summed E-state index contributed by atoms with van der Waals surface area (Å²) in [5.74, 6) is 0. The quantitative estimate of drug-likeness (QED) is 0.717. The number of hydrogen-bond acceptors (Lipinski definition) is 3. The second-order valence-corrected chi connectivity index (χ2v) is 3.59. The molecule has 1 unspecified atom stereocenters. The average molecular weight is 195 g/mol. The molecule has 2 nitrogen and oxygen atoms in total. The molecule has 0 saturated carbocycles. The van der Waals surface area contributed by atoms with Crippen LogP contribution in [0.5, 0.6) is 0 Å². The number of aliphatic hydroxyl groups is 1. The summed E-state index contributed by atoms with van der Waals surface area (Å²) in [5.41, 5.74) is 5.49. The van der Waals surface area contributed by atoms with Gasteiger partial charge >= 0.3 is 0 Å². The maximum atomic E-state index is 8.65. The molecule has 0 amide bonds. The number of rotatable bonds is 4. The maximum Gasteiger partial charge on any atom is 0.0618 e. The summed E-state index contributed by atoms with van der Waals surface area (Å²) in [6.07, 6.45) is 1.79. The zero-order valence-corrected chi connectivity index (χ0v) is 8.08. The van der Waals surface area contributed by atoms with Crippen molar-refractivity contribution in [3.63, 3.8) is 0 Å². The van der Waals surface area contributed by atoms with Crippen LogP contribution in [0.15, 0.2) is 46.7 Å². The van der Waals surface area contributed by atoms with Gasteiger partial charge in [-0.2, -0.15) is 0 Å². The van der Waals surface area contributed by atoms with Crippen LogP contribution in [0.4, 0.5) is 0 Å². The van der Waals surface area contributed by atoms with Gasteiger partial charge in [0.2, 0.25) is 0 Å². The molecule has 0 saturated heterocycles. The van der Waals surface area contributed by atoms with Gasteiger partial charge in [0.15, 0.2) is 0 Å². The fraction of sp³-hybridized carbons (Fsp3) is 0.200. The summed E-state index contributed by atoms with van der Waals surface area (Å²) in [6.45, 7) is -0.00809. The van der Waals surface area contributed by atoms with Crippen molar-refractivity contribution >= 4 is 11.8 Å². The van der Waals surface area contributed by atoms with Crippen LogP contribution in [0.2, 0.25) is 0 Å². The summed E-state index contributed by atoms with van der Waals surface area (Å²) >= 11 is 1.59. The fourth-order valence-corrected chi connectivity index (χ4v) is 1.53. The summed E-state index contributed by atoms with van der Waals surface area (Å²) in [4.78, 5) is 1.17. The van der Waals surface area contributed by atoms with Crippen LogP contribution in [-0.2, 0) is 0 Å².